The van der Waals surface area contributed by atoms with Crippen LogP contribution in [0, 0.1) is 0 Å². The zero-order valence-corrected chi connectivity index (χ0v) is 12.9. The monoisotopic (exact) mass is 332 g/mol. The average Bonchev–Trinajstić information content (AvgIpc) is 2.54. The number of hydrogen-bond acceptors (Lipinski definition) is 4. The van der Waals surface area contributed by atoms with Gasteiger partial charge in [-0.2, -0.15) is 0 Å². The second-order valence-electron chi connectivity index (χ2n) is 4.85. The van der Waals surface area contributed by atoms with E-state index in [0.717, 1.165) is 0 Å². The van der Waals surface area contributed by atoms with Crippen LogP contribution in [0.1, 0.15) is 10.4 Å². The molecule has 0 aromatic heterocycles. The second-order valence-corrected chi connectivity index (χ2v) is 5.28. The molecular formula is C16H13ClN2O4. The highest BCUT2D eigenvalue weighted by Crippen LogP contribution is 2.31. The molecule has 0 spiro atoms. The Morgan fingerprint density at radius 1 is 1.30 bits per heavy atom. The van der Waals surface area contributed by atoms with E-state index in [4.69, 9.17) is 21.1 Å². The quantitative estimate of drug-likeness (QED) is 0.906. The van der Waals surface area contributed by atoms with Gasteiger partial charge in [-0.1, -0.05) is 11.6 Å². The Hall–Kier alpha value is -2.73. The van der Waals surface area contributed by atoms with E-state index in [2.05, 4.69) is 10.6 Å². The normalized spacial score (nSPS) is 12.7. The molecule has 0 unspecified atom stereocenters. The summed E-state index contributed by atoms with van der Waals surface area (Å²) in [7, 11) is 1.47. The Labute approximate surface area is 137 Å². The molecule has 23 heavy (non-hydrogen) atoms. The van der Waals surface area contributed by atoms with E-state index >= 15 is 0 Å². The van der Waals surface area contributed by atoms with Crippen LogP contribution in [-0.2, 0) is 4.79 Å². The van der Waals surface area contributed by atoms with Gasteiger partial charge in [-0.05, 0) is 30.3 Å². The number of rotatable bonds is 3. The highest BCUT2D eigenvalue weighted by Gasteiger charge is 2.18. The molecule has 7 heteroatoms. The third kappa shape index (κ3) is 3.22. The van der Waals surface area contributed by atoms with Crippen LogP contribution in [0.5, 0.6) is 11.5 Å². The fourth-order valence-electron chi connectivity index (χ4n) is 2.20. The van der Waals surface area contributed by atoms with Gasteiger partial charge in [0.15, 0.2) is 6.61 Å². The molecule has 0 bridgehead atoms. The number of methoxy groups -OCH3 is 1. The van der Waals surface area contributed by atoms with Gasteiger partial charge in [0.1, 0.15) is 11.5 Å². The van der Waals surface area contributed by atoms with E-state index in [1.807, 2.05) is 0 Å². The first kappa shape index (κ1) is 15.2. The van der Waals surface area contributed by atoms with Gasteiger partial charge in [-0.25, -0.2) is 0 Å². The fourth-order valence-corrected chi connectivity index (χ4v) is 2.37. The van der Waals surface area contributed by atoms with Gasteiger partial charge in [0.05, 0.1) is 18.4 Å². The van der Waals surface area contributed by atoms with E-state index in [-0.39, 0.29) is 18.4 Å². The summed E-state index contributed by atoms with van der Waals surface area (Å²) in [6.45, 7) is -0.0462. The SMILES string of the molecule is COc1cc(Cl)ccc1C(=O)Nc1ccc2c(c1)OCC(=O)N2. The van der Waals surface area contributed by atoms with E-state index in [1.54, 1.807) is 36.4 Å². The summed E-state index contributed by atoms with van der Waals surface area (Å²) in [5.74, 6) is 0.348. The predicted molar refractivity (Wildman–Crippen MR) is 86.5 cm³/mol. The molecule has 1 aliphatic rings. The van der Waals surface area contributed by atoms with Crippen molar-refractivity contribution in [3.05, 3.63) is 47.0 Å². The minimum absolute atomic E-state index is 0.0462. The Morgan fingerprint density at radius 2 is 2.13 bits per heavy atom. The van der Waals surface area contributed by atoms with Gasteiger partial charge in [-0.15, -0.1) is 0 Å². The lowest BCUT2D eigenvalue weighted by molar-refractivity contribution is -0.118. The maximum atomic E-state index is 12.4. The topological polar surface area (TPSA) is 76.7 Å². The molecule has 1 aliphatic heterocycles. The van der Waals surface area contributed by atoms with Gasteiger partial charge in [0.2, 0.25) is 0 Å². The van der Waals surface area contributed by atoms with Crippen molar-refractivity contribution in [1.82, 2.24) is 0 Å². The molecule has 0 saturated heterocycles. The molecule has 1 heterocycles. The molecule has 3 rings (SSSR count). The van der Waals surface area contributed by atoms with Crippen LogP contribution in [0.15, 0.2) is 36.4 Å². The summed E-state index contributed by atoms with van der Waals surface area (Å²) in [5.41, 5.74) is 1.48. The van der Waals surface area contributed by atoms with Crippen LogP contribution in [0.25, 0.3) is 0 Å². The predicted octanol–water partition coefficient (Wildman–Crippen LogP) is 2.93. The Morgan fingerprint density at radius 3 is 2.91 bits per heavy atom. The van der Waals surface area contributed by atoms with Gasteiger partial charge in [-0.3, -0.25) is 9.59 Å². The van der Waals surface area contributed by atoms with Crippen LogP contribution in [0.3, 0.4) is 0 Å². The molecule has 2 aromatic rings. The lowest BCUT2D eigenvalue weighted by Crippen LogP contribution is -2.25. The first-order valence-electron chi connectivity index (χ1n) is 6.78. The van der Waals surface area contributed by atoms with E-state index in [0.29, 0.717) is 33.5 Å². The first-order valence-corrected chi connectivity index (χ1v) is 7.16. The maximum Gasteiger partial charge on any atom is 0.262 e. The summed E-state index contributed by atoms with van der Waals surface area (Å²) in [5, 5.41) is 5.93. The molecule has 0 radical (unpaired) electrons. The van der Waals surface area contributed by atoms with Crippen molar-refractivity contribution in [2.75, 3.05) is 24.4 Å². The third-order valence-corrected chi connectivity index (χ3v) is 3.52. The summed E-state index contributed by atoms with van der Waals surface area (Å²) >= 11 is 5.89. The smallest absolute Gasteiger partial charge is 0.262 e. The van der Waals surface area contributed by atoms with Gasteiger partial charge >= 0.3 is 0 Å². The van der Waals surface area contributed by atoms with E-state index < -0.39 is 0 Å². The van der Waals surface area contributed by atoms with Crippen LogP contribution in [-0.4, -0.2) is 25.5 Å². The number of ether oxygens (including phenoxy) is 2. The molecule has 2 aromatic carbocycles. The van der Waals surface area contributed by atoms with Crippen molar-refractivity contribution in [1.29, 1.82) is 0 Å². The maximum absolute atomic E-state index is 12.4. The number of amides is 2. The minimum Gasteiger partial charge on any atom is -0.496 e. The molecule has 0 aliphatic carbocycles. The van der Waals surface area contributed by atoms with Gasteiger partial charge in [0, 0.05) is 16.8 Å². The van der Waals surface area contributed by atoms with Crippen molar-refractivity contribution in [3.8, 4) is 11.5 Å². The minimum atomic E-state index is -0.335. The molecule has 0 atom stereocenters. The third-order valence-electron chi connectivity index (χ3n) is 3.28. The molecular weight excluding hydrogens is 320 g/mol. The number of benzene rings is 2. The van der Waals surface area contributed by atoms with Crippen molar-refractivity contribution in [2.24, 2.45) is 0 Å². The molecule has 2 N–H and O–H groups in total. The number of carbonyl (C=O) groups is 2. The first-order chi connectivity index (χ1) is 11.1. The van der Waals surface area contributed by atoms with E-state index in [9.17, 15) is 9.59 Å². The Balaban J connectivity index is 1.82. The van der Waals surface area contributed by atoms with Crippen LogP contribution in [0.4, 0.5) is 11.4 Å². The Kier molecular flexibility index (Phi) is 4.08. The fraction of sp³-hybridized carbons (Fsp3) is 0.125. The Bertz CT molecular complexity index is 792. The second kappa shape index (κ2) is 6.18. The molecule has 118 valence electrons. The van der Waals surface area contributed by atoms with Crippen molar-refractivity contribution < 1.29 is 19.1 Å². The summed E-state index contributed by atoms with van der Waals surface area (Å²) < 4.78 is 10.5. The van der Waals surface area contributed by atoms with Crippen molar-refractivity contribution in [3.63, 3.8) is 0 Å². The number of anilines is 2. The van der Waals surface area contributed by atoms with Crippen molar-refractivity contribution >= 4 is 34.8 Å². The summed E-state index contributed by atoms with van der Waals surface area (Å²) in [4.78, 5) is 23.6. The zero-order valence-electron chi connectivity index (χ0n) is 12.2. The van der Waals surface area contributed by atoms with Crippen molar-refractivity contribution in [2.45, 2.75) is 0 Å². The number of halogens is 1. The lowest BCUT2D eigenvalue weighted by atomic mass is 10.1. The standard InChI is InChI=1S/C16H13ClN2O4/c1-22-13-6-9(17)2-4-11(13)16(21)18-10-3-5-12-14(7-10)23-8-15(20)19-12/h2-7H,8H2,1H3,(H,18,21)(H,19,20). The van der Waals surface area contributed by atoms with Gasteiger partial charge < -0.3 is 20.1 Å². The zero-order chi connectivity index (χ0) is 16.4. The van der Waals surface area contributed by atoms with Crippen LogP contribution < -0.4 is 20.1 Å². The highest BCUT2D eigenvalue weighted by atomic mass is 35.5. The summed E-state index contributed by atoms with van der Waals surface area (Å²) in [6, 6.07) is 9.77. The largest absolute Gasteiger partial charge is 0.496 e. The molecule has 6 nitrogen and oxygen atoms in total. The number of carbonyl (C=O) groups excluding carboxylic acids is 2. The van der Waals surface area contributed by atoms with Crippen LogP contribution >= 0.6 is 11.6 Å². The summed E-state index contributed by atoms with van der Waals surface area (Å²) in [6.07, 6.45) is 0. The average molecular weight is 333 g/mol. The molecule has 0 saturated carbocycles. The van der Waals surface area contributed by atoms with Crippen LogP contribution in [0.2, 0.25) is 5.02 Å². The molecule has 2 amide bonds. The number of hydrogen-bond donors (Lipinski definition) is 2. The highest BCUT2D eigenvalue weighted by molar-refractivity contribution is 6.31. The number of nitrogens with one attached hydrogen (secondary N) is 2. The lowest BCUT2D eigenvalue weighted by Gasteiger charge is -2.18. The van der Waals surface area contributed by atoms with E-state index in [1.165, 1.54) is 7.11 Å². The van der Waals surface area contributed by atoms with Gasteiger partial charge in [0.25, 0.3) is 11.8 Å². The molecule has 0 fully saturated rings. The number of fused-ring (bicyclic) bond motifs is 1.